The second-order valence-corrected chi connectivity index (χ2v) is 5.52. The number of nitrogens with zero attached hydrogens (tertiary/aromatic N) is 1. The van der Waals surface area contributed by atoms with E-state index in [9.17, 15) is 14.0 Å². The van der Waals surface area contributed by atoms with E-state index in [1.54, 1.807) is 24.3 Å². The van der Waals surface area contributed by atoms with Crippen molar-refractivity contribution in [1.29, 1.82) is 0 Å². The molecule has 1 atom stereocenters. The van der Waals surface area contributed by atoms with Crippen molar-refractivity contribution in [3.05, 3.63) is 70.0 Å². The van der Waals surface area contributed by atoms with Crippen molar-refractivity contribution in [3.8, 4) is 0 Å². The Morgan fingerprint density at radius 2 is 2.08 bits per heavy atom. The summed E-state index contributed by atoms with van der Waals surface area (Å²) in [5, 5.41) is 3.88. The molecular formula is C17H12ClFN2O3. The molecule has 0 saturated carbocycles. The van der Waals surface area contributed by atoms with E-state index >= 15 is 0 Å². The van der Waals surface area contributed by atoms with E-state index in [1.165, 1.54) is 18.2 Å². The van der Waals surface area contributed by atoms with E-state index in [4.69, 9.17) is 16.3 Å². The first-order valence-corrected chi connectivity index (χ1v) is 7.50. The Morgan fingerprint density at radius 3 is 2.88 bits per heavy atom. The number of benzene rings is 2. The highest BCUT2D eigenvalue weighted by Gasteiger charge is 2.31. The van der Waals surface area contributed by atoms with Gasteiger partial charge in [0.05, 0.1) is 23.2 Å². The third kappa shape index (κ3) is 3.28. The van der Waals surface area contributed by atoms with Gasteiger partial charge in [0.15, 0.2) is 0 Å². The lowest BCUT2D eigenvalue weighted by Gasteiger charge is -2.09. The van der Waals surface area contributed by atoms with E-state index in [1.807, 2.05) is 0 Å². The predicted molar refractivity (Wildman–Crippen MR) is 86.4 cm³/mol. The lowest BCUT2D eigenvalue weighted by molar-refractivity contribution is -0.122. The molecule has 3 rings (SSSR count). The standard InChI is InChI=1S/C17H12ClFN2O3/c18-13-6-3-7-14(19)12(13)9-20-21-16(22)8-15-10-4-1-2-5-11(10)17(23)24-15/h1-7,9,15H,8H2,(H,21,22). The first-order chi connectivity index (χ1) is 11.6. The smallest absolute Gasteiger partial charge is 0.339 e. The van der Waals surface area contributed by atoms with Crippen LogP contribution in [0.5, 0.6) is 0 Å². The highest BCUT2D eigenvalue weighted by atomic mass is 35.5. The van der Waals surface area contributed by atoms with Crippen molar-refractivity contribution in [2.75, 3.05) is 0 Å². The normalized spacial score (nSPS) is 16.1. The van der Waals surface area contributed by atoms with E-state index in [0.717, 1.165) is 6.21 Å². The molecule has 1 aliphatic rings. The summed E-state index contributed by atoms with van der Waals surface area (Å²) in [6, 6.07) is 11.1. The van der Waals surface area contributed by atoms with Crippen LogP contribution in [0.4, 0.5) is 4.39 Å². The molecular weight excluding hydrogens is 335 g/mol. The molecule has 0 saturated heterocycles. The molecule has 7 heteroatoms. The summed E-state index contributed by atoms with van der Waals surface area (Å²) in [5.41, 5.74) is 3.47. The zero-order valence-corrected chi connectivity index (χ0v) is 13.1. The van der Waals surface area contributed by atoms with Gasteiger partial charge in [-0.1, -0.05) is 35.9 Å². The molecule has 2 aromatic carbocycles. The fourth-order valence-corrected chi connectivity index (χ4v) is 2.60. The van der Waals surface area contributed by atoms with E-state index < -0.39 is 23.8 Å². The highest BCUT2D eigenvalue weighted by Crippen LogP contribution is 2.32. The number of fused-ring (bicyclic) bond motifs is 1. The van der Waals surface area contributed by atoms with Gasteiger partial charge in [0.1, 0.15) is 11.9 Å². The van der Waals surface area contributed by atoms with Crippen molar-refractivity contribution in [1.82, 2.24) is 5.43 Å². The summed E-state index contributed by atoms with van der Waals surface area (Å²) in [6.45, 7) is 0. The largest absolute Gasteiger partial charge is 0.453 e. The maximum Gasteiger partial charge on any atom is 0.339 e. The summed E-state index contributed by atoms with van der Waals surface area (Å²) in [7, 11) is 0. The molecule has 1 heterocycles. The topological polar surface area (TPSA) is 67.8 Å². The van der Waals surface area contributed by atoms with Gasteiger partial charge >= 0.3 is 5.97 Å². The average molecular weight is 347 g/mol. The first-order valence-electron chi connectivity index (χ1n) is 7.12. The second-order valence-electron chi connectivity index (χ2n) is 5.11. The Kier molecular flexibility index (Phi) is 4.57. The van der Waals surface area contributed by atoms with Gasteiger partial charge in [0, 0.05) is 11.1 Å². The molecule has 0 fully saturated rings. The Hall–Kier alpha value is -2.73. The summed E-state index contributed by atoms with van der Waals surface area (Å²) in [5.74, 6) is -1.46. The molecule has 0 aromatic heterocycles. The number of ether oxygens (including phenoxy) is 1. The highest BCUT2D eigenvalue weighted by molar-refractivity contribution is 6.33. The first kappa shape index (κ1) is 16.1. The molecule has 2 aromatic rings. The molecule has 1 amide bonds. The zero-order valence-electron chi connectivity index (χ0n) is 12.3. The Bertz CT molecular complexity index is 818. The van der Waals surface area contributed by atoms with Gasteiger partial charge in [-0.3, -0.25) is 4.79 Å². The molecule has 5 nitrogen and oxygen atoms in total. The van der Waals surface area contributed by atoms with Crippen LogP contribution in [0.15, 0.2) is 47.6 Å². The lowest BCUT2D eigenvalue weighted by Crippen LogP contribution is -2.20. The van der Waals surface area contributed by atoms with Crippen LogP contribution in [0.3, 0.4) is 0 Å². The minimum absolute atomic E-state index is 0.0783. The number of hydrazone groups is 1. The second kappa shape index (κ2) is 6.80. The van der Waals surface area contributed by atoms with Gasteiger partial charge in [-0.2, -0.15) is 5.10 Å². The van der Waals surface area contributed by atoms with Crippen molar-refractivity contribution >= 4 is 29.7 Å². The number of cyclic esters (lactones) is 1. The molecule has 0 radical (unpaired) electrons. The zero-order chi connectivity index (χ0) is 17.1. The average Bonchev–Trinajstić information content (AvgIpc) is 2.87. The molecule has 0 spiro atoms. The molecule has 0 bridgehead atoms. The van der Waals surface area contributed by atoms with Crippen LogP contribution in [0.25, 0.3) is 0 Å². The van der Waals surface area contributed by atoms with E-state index in [0.29, 0.717) is 11.1 Å². The number of halogens is 2. The number of carbonyl (C=O) groups excluding carboxylic acids is 2. The number of hydrogen-bond donors (Lipinski definition) is 1. The number of amides is 1. The maximum atomic E-state index is 13.6. The van der Waals surface area contributed by atoms with E-state index in [2.05, 4.69) is 10.5 Å². The van der Waals surface area contributed by atoms with Crippen LogP contribution in [-0.4, -0.2) is 18.1 Å². The Morgan fingerprint density at radius 1 is 1.29 bits per heavy atom. The molecule has 1 aliphatic heterocycles. The number of hydrogen-bond acceptors (Lipinski definition) is 4. The van der Waals surface area contributed by atoms with Gasteiger partial charge < -0.3 is 4.74 Å². The van der Waals surface area contributed by atoms with Crippen molar-refractivity contribution in [3.63, 3.8) is 0 Å². The van der Waals surface area contributed by atoms with Gasteiger partial charge in [-0.15, -0.1) is 0 Å². The van der Waals surface area contributed by atoms with Crippen LogP contribution in [0.1, 0.15) is 34.0 Å². The molecule has 24 heavy (non-hydrogen) atoms. The summed E-state index contributed by atoms with van der Waals surface area (Å²) < 4.78 is 18.7. The van der Waals surface area contributed by atoms with Crippen LogP contribution in [0.2, 0.25) is 5.02 Å². The fourth-order valence-electron chi connectivity index (χ4n) is 2.39. The predicted octanol–water partition coefficient (Wildman–Crippen LogP) is 3.23. The molecule has 1 unspecified atom stereocenters. The Balaban J connectivity index is 1.63. The lowest BCUT2D eigenvalue weighted by atomic mass is 10.0. The number of rotatable bonds is 4. The van der Waals surface area contributed by atoms with Crippen LogP contribution >= 0.6 is 11.6 Å². The minimum atomic E-state index is -0.652. The van der Waals surface area contributed by atoms with Gasteiger partial charge in [0.25, 0.3) is 0 Å². The SMILES string of the molecule is O=C(CC1OC(=O)c2ccccc21)NN=Cc1c(F)cccc1Cl. The van der Waals surface area contributed by atoms with Crippen molar-refractivity contribution < 1.29 is 18.7 Å². The third-order valence-corrected chi connectivity index (χ3v) is 3.86. The van der Waals surface area contributed by atoms with Crippen LogP contribution in [0, 0.1) is 5.82 Å². The van der Waals surface area contributed by atoms with E-state index in [-0.39, 0.29) is 17.0 Å². The maximum absolute atomic E-state index is 13.6. The van der Waals surface area contributed by atoms with Gasteiger partial charge in [-0.05, 0) is 18.2 Å². The quantitative estimate of drug-likeness (QED) is 0.525. The number of carbonyl (C=O) groups is 2. The molecule has 0 aliphatic carbocycles. The summed E-state index contributed by atoms with van der Waals surface area (Å²) >= 11 is 5.85. The number of nitrogens with one attached hydrogen (secondary N) is 1. The van der Waals surface area contributed by atoms with Gasteiger partial charge in [-0.25, -0.2) is 14.6 Å². The molecule has 1 N–H and O–H groups in total. The summed E-state index contributed by atoms with van der Waals surface area (Å²) in [4.78, 5) is 23.6. The third-order valence-electron chi connectivity index (χ3n) is 3.53. The van der Waals surface area contributed by atoms with Gasteiger partial charge in [0.2, 0.25) is 5.91 Å². The fraction of sp³-hybridized carbons (Fsp3) is 0.118. The Labute approximate surface area is 142 Å². The monoisotopic (exact) mass is 346 g/mol. The van der Waals surface area contributed by atoms with Crippen molar-refractivity contribution in [2.24, 2.45) is 5.10 Å². The number of esters is 1. The van der Waals surface area contributed by atoms with Crippen LogP contribution in [-0.2, 0) is 9.53 Å². The minimum Gasteiger partial charge on any atom is -0.453 e. The summed E-state index contributed by atoms with van der Waals surface area (Å²) in [6.07, 6.45) is 0.399. The molecule has 122 valence electrons. The van der Waals surface area contributed by atoms with Crippen LogP contribution < -0.4 is 5.43 Å². The van der Waals surface area contributed by atoms with Crippen molar-refractivity contribution in [2.45, 2.75) is 12.5 Å².